The van der Waals surface area contributed by atoms with Crippen LogP contribution in [-0.4, -0.2) is 31.0 Å². The van der Waals surface area contributed by atoms with Crippen LogP contribution in [0.3, 0.4) is 0 Å². The zero-order chi connectivity index (χ0) is 14.6. The van der Waals surface area contributed by atoms with Crippen molar-refractivity contribution in [2.45, 2.75) is 18.8 Å². The number of aliphatic hydroxyl groups is 1. The molecule has 0 radical (unpaired) electrons. The fourth-order valence-corrected chi connectivity index (χ4v) is 2.82. The van der Waals surface area contributed by atoms with Crippen LogP contribution < -0.4 is 10.1 Å². The summed E-state index contributed by atoms with van der Waals surface area (Å²) in [5.41, 5.74) is 0.935. The molecule has 1 atom stereocenters. The second-order valence-electron chi connectivity index (χ2n) is 3.79. The lowest BCUT2D eigenvalue weighted by Crippen LogP contribution is -2.34. The van der Waals surface area contributed by atoms with Crippen LogP contribution in [0.25, 0.3) is 0 Å². The summed E-state index contributed by atoms with van der Waals surface area (Å²) < 4.78 is 42.5. The Morgan fingerprint density at radius 2 is 1.84 bits per heavy atom. The zero-order valence-electron chi connectivity index (χ0n) is 9.89. The van der Waals surface area contributed by atoms with Crippen LogP contribution in [-0.2, 0) is 6.54 Å². The smallest absolute Gasteiger partial charge is 0.417 e. The molecule has 1 rings (SSSR count). The van der Waals surface area contributed by atoms with Gasteiger partial charge in [0.2, 0.25) is 0 Å². The van der Waals surface area contributed by atoms with E-state index in [0.29, 0.717) is 15.5 Å². The summed E-state index contributed by atoms with van der Waals surface area (Å²) in [6, 6.07) is 3.47. The van der Waals surface area contributed by atoms with Crippen LogP contribution >= 0.6 is 31.9 Å². The minimum Gasteiger partial charge on any atom is -0.488 e. The first-order chi connectivity index (χ1) is 8.75. The minimum atomic E-state index is -4.69. The van der Waals surface area contributed by atoms with E-state index in [1.54, 1.807) is 19.2 Å². The quantitative estimate of drug-likeness (QED) is 0.788. The van der Waals surface area contributed by atoms with Gasteiger partial charge in [-0.25, -0.2) is 0 Å². The summed E-state index contributed by atoms with van der Waals surface area (Å²) in [5.74, 6) is 0.225. The van der Waals surface area contributed by atoms with Gasteiger partial charge < -0.3 is 15.2 Å². The highest BCUT2D eigenvalue weighted by molar-refractivity contribution is 9.11. The van der Waals surface area contributed by atoms with E-state index < -0.39 is 18.9 Å². The first-order valence-corrected chi connectivity index (χ1v) is 6.84. The molecule has 0 aromatic heterocycles. The third-order valence-corrected chi connectivity index (χ3v) is 3.38. The lowest BCUT2D eigenvalue weighted by molar-refractivity contribution is -0.210. The number of ether oxygens (including phenoxy) is 1. The molecule has 1 aromatic rings. The molecule has 0 aliphatic carbocycles. The van der Waals surface area contributed by atoms with Crippen LogP contribution in [0, 0.1) is 0 Å². The Hall–Kier alpha value is -0.310. The van der Waals surface area contributed by atoms with E-state index in [2.05, 4.69) is 37.2 Å². The van der Waals surface area contributed by atoms with E-state index >= 15 is 0 Å². The Labute approximate surface area is 125 Å². The van der Waals surface area contributed by atoms with Crippen molar-refractivity contribution >= 4 is 31.9 Å². The number of halogens is 5. The standard InChI is InChI=1S/C11H12Br2F3NO2/c1-17-4-6-2-7(12)10(8(13)3-6)19-5-9(18)11(14,15)16/h2-3,9,17-18H,4-5H2,1H3. The fraction of sp³-hybridized carbons (Fsp3) is 0.455. The lowest BCUT2D eigenvalue weighted by Gasteiger charge is -2.17. The number of hydrogen-bond acceptors (Lipinski definition) is 3. The van der Waals surface area contributed by atoms with Crippen LogP contribution in [0.15, 0.2) is 21.1 Å². The number of nitrogens with one attached hydrogen (secondary N) is 1. The Bertz CT molecular complexity index is 417. The maximum absolute atomic E-state index is 12.2. The predicted octanol–water partition coefficient (Wildman–Crippen LogP) is 3.23. The molecule has 0 fully saturated rings. The second-order valence-corrected chi connectivity index (χ2v) is 5.50. The summed E-state index contributed by atoms with van der Waals surface area (Å²) in [6.45, 7) is -0.241. The summed E-state index contributed by atoms with van der Waals surface area (Å²) in [7, 11) is 1.78. The van der Waals surface area contributed by atoms with Gasteiger partial charge >= 0.3 is 6.18 Å². The SMILES string of the molecule is CNCc1cc(Br)c(OCC(O)C(F)(F)F)c(Br)c1. The molecule has 0 saturated carbocycles. The number of rotatable bonds is 5. The van der Waals surface area contributed by atoms with E-state index in [0.717, 1.165) is 5.56 Å². The molecule has 0 spiro atoms. The Morgan fingerprint density at radius 1 is 1.32 bits per heavy atom. The van der Waals surface area contributed by atoms with Gasteiger partial charge in [-0.15, -0.1) is 0 Å². The highest BCUT2D eigenvalue weighted by Crippen LogP contribution is 2.35. The first kappa shape index (κ1) is 16.7. The Kier molecular flexibility index (Phi) is 6.10. The van der Waals surface area contributed by atoms with Gasteiger partial charge in [-0.3, -0.25) is 0 Å². The van der Waals surface area contributed by atoms with Gasteiger partial charge in [0.15, 0.2) is 6.10 Å². The van der Waals surface area contributed by atoms with Crippen molar-refractivity contribution in [1.82, 2.24) is 5.32 Å². The topological polar surface area (TPSA) is 41.5 Å². The third-order valence-electron chi connectivity index (χ3n) is 2.20. The van der Waals surface area contributed by atoms with Crippen molar-refractivity contribution in [3.05, 3.63) is 26.6 Å². The van der Waals surface area contributed by atoms with Crippen molar-refractivity contribution in [1.29, 1.82) is 0 Å². The zero-order valence-corrected chi connectivity index (χ0v) is 13.1. The van der Waals surface area contributed by atoms with E-state index in [9.17, 15) is 13.2 Å². The summed E-state index contributed by atoms with van der Waals surface area (Å²) in [4.78, 5) is 0. The Balaban J connectivity index is 2.79. The molecule has 0 bridgehead atoms. The predicted molar refractivity (Wildman–Crippen MR) is 72.2 cm³/mol. The lowest BCUT2D eigenvalue weighted by atomic mass is 10.2. The van der Waals surface area contributed by atoms with Gasteiger partial charge in [0.25, 0.3) is 0 Å². The molecule has 0 aliphatic heterocycles. The molecule has 19 heavy (non-hydrogen) atoms. The number of benzene rings is 1. The molecule has 0 amide bonds. The van der Waals surface area contributed by atoms with Crippen molar-refractivity contribution in [3.63, 3.8) is 0 Å². The molecule has 0 aliphatic rings. The molecule has 0 heterocycles. The highest BCUT2D eigenvalue weighted by Gasteiger charge is 2.38. The number of alkyl halides is 3. The minimum absolute atomic E-state index is 0.225. The summed E-state index contributed by atoms with van der Waals surface area (Å²) in [6.07, 6.45) is -7.20. The van der Waals surface area contributed by atoms with Gasteiger partial charge in [0.05, 0.1) is 8.95 Å². The van der Waals surface area contributed by atoms with E-state index in [1.807, 2.05) is 0 Å². The number of hydrogen-bond donors (Lipinski definition) is 2. The van der Waals surface area contributed by atoms with Crippen molar-refractivity contribution in [2.24, 2.45) is 0 Å². The molecule has 8 heteroatoms. The van der Waals surface area contributed by atoms with Crippen molar-refractivity contribution in [2.75, 3.05) is 13.7 Å². The van der Waals surface area contributed by atoms with E-state index in [4.69, 9.17) is 9.84 Å². The normalized spacial score (nSPS) is 13.4. The molecular weight excluding hydrogens is 395 g/mol. The summed E-state index contributed by atoms with van der Waals surface area (Å²) in [5, 5.41) is 11.8. The molecule has 0 saturated heterocycles. The second kappa shape index (κ2) is 6.92. The van der Waals surface area contributed by atoms with Gasteiger partial charge in [0.1, 0.15) is 12.4 Å². The van der Waals surface area contributed by atoms with Crippen molar-refractivity contribution < 1.29 is 23.0 Å². The van der Waals surface area contributed by atoms with Crippen LogP contribution in [0.4, 0.5) is 13.2 Å². The monoisotopic (exact) mass is 405 g/mol. The largest absolute Gasteiger partial charge is 0.488 e. The third kappa shape index (κ3) is 4.94. The average Bonchev–Trinajstić information content (AvgIpc) is 2.26. The van der Waals surface area contributed by atoms with Gasteiger partial charge in [-0.05, 0) is 56.6 Å². The maximum atomic E-state index is 12.2. The molecule has 1 aromatic carbocycles. The molecule has 3 nitrogen and oxygen atoms in total. The van der Waals surface area contributed by atoms with Crippen LogP contribution in [0.1, 0.15) is 5.56 Å². The molecule has 108 valence electrons. The van der Waals surface area contributed by atoms with Gasteiger partial charge in [-0.2, -0.15) is 13.2 Å². The van der Waals surface area contributed by atoms with Gasteiger partial charge in [0, 0.05) is 6.54 Å². The van der Waals surface area contributed by atoms with E-state index in [1.165, 1.54) is 0 Å². The maximum Gasteiger partial charge on any atom is 0.417 e. The van der Waals surface area contributed by atoms with Crippen molar-refractivity contribution in [3.8, 4) is 5.75 Å². The van der Waals surface area contributed by atoms with Crippen LogP contribution in [0.2, 0.25) is 0 Å². The molecule has 1 unspecified atom stereocenters. The first-order valence-electron chi connectivity index (χ1n) is 5.25. The Morgan fingerprint density at radius 3 is 2.26 bits per heavy atom. The van der Waals surface area contributed by atoms with Gasteiger partial charge in [-0.1, -0.05) is 0 Å². The average molecular weight is 407 g/mol. The number of aliphatic hydroxyl groups excluding tert-OH is 1. The summed E-state index contributed by atoms with van der Waals surface area (Å²) >= 11 is 6.45. The highest BCUT2D eigenvalue weighted by atomic mass is 79.9. The molecule has 2 N–H and O–H groups in total. The van der Waals surface area contributed by atoms with E-state index in [-0.39, 0.29) is 5.75 Å². The van der Waals surface area contributed by atoms with Crippen LogP contribution in [0.5, 0.6) is 5.75 Å². The fourth-order valence-electron chi connectivity index (χ4n) is 1.31. The molecular formula is C11H12Br2F3NO2.